The summed E-state index contributed by atoms with van der Waals surface area (Å²) < 4.78 is 0. The van der Waals surface area contributed by atoms with Crippen molar-refractivity contribution in [3.63, 3.8) is 0 Å². The SMILES string of the molecule is CC(N)CN1CCC(=O)N1C. The zero-order valence-corrected chi connectivity index (χ0v) is 7.08. The van der Waals surface area contributed by atoms with Gasteiger partial charge in [0.15, 0.2) is 0 Å². The first-order valence-electron chi connectivity index (χ1n) is 3.88. The van der Waals surface area contributed by atoms with Crippen LogP contribution in [0.1, 0.15) is 13.3 Å². The van der Waals surface area contributed by atoms with Gasteiger partial charge in [-0.3, -0.25) is 9.80 Å². The maximum Gasteiger partial charge on any atom is 0.237 e. The van der Waals surface area contributed by atoms with Crippen molar-refractivity contribution >= 4 is 5.91 Å². The van der Waals surface area contributed by atoms with Crippen LogP contribution in [0.2, 0.25) is 0 Å². The van der Waals surface area contributed by atoms with Gasteiger partial charge < -0.3 is 5.73 Å². The third-order valence-electron chi connectivity index (χ3n) is 1.87. The number of carbonyl (C=O) groups is 1. The Balaban J connectivity index is 2.42. The molecule has 1 saturated heterocycles. The number of hydrazine groups is 1. The second kappa shape index (κ2) is 3.19. The first-order valence-corrected chi connectivity index (χ1v) is 3.88. The van der Waals surface area contributed by atoms with Gasteiger partial charge in [0.25, 0.3) is 0 Å². The molecule has 0 radical (unpaired) electrons. The normalized spacial score (nSPS) is 22.8. The molecule has 1 atom stereocenters. The quantitative estimate of drug-likeness (QED) is 0.583. The molecule has 0 aromatic carbocycles. The van der Waals surface area contributed by atoms with E-state index in [1.165, 1.54) is 0 Å². The smallest absolute Gasteiger partial charge is 0.237 e. The van der Waals surface area contributed by atoms with Gasteiger partial charge in [-0.2, -0.15) is 0 Å². The Labute approximate surface area is 66.9 Å². The molecule has 0 spiro atoms. The predicted octanol–water partition coefficient (Wildman–Crippen LogP) is -0.587. The van der Waals surface area contributed by atoms with Gasteiger partial charge in [-0.15, -0.1) is 0 Å². The molecule has 64 valence electrons. The minimum absolute atomic E-state index is 0.128. The number of carbonyl (C=O) groups excluding carboxylic acids is 1. The Bertz CT molecular complexity index is 158. The van der Waals surface area contributed by atoms with Gasteiger partial charge in [0.05, 0.1) is 0 Å². The summed E-state index contributed by atoms with van der Waals surface area (Å²) in [7, 11) is 1.79. The molecule has 2 N–H and O–H groups in total. The monoisotopic (exact) mass is 157 g/mol. The molecule has 0 aromatic rings. The van der Waals surface area contributed by atoms with Crippen LogP contribution in [0.4, 0.5) is 0 Å². The Morgan fingerprint density at radius 1 is 1.73 bits per heavy atom. The van der Waals surface area contributed by atoms with Gasteiger partial charge in [0.2, 0.25) is 5.91 Å². The van der Waals surface area contributed by atoms with Crippen LogP contribution >= 0.6 is 0 Å². The van der Waals surface area contributed by atoms with Gasteiger partial charge in [-0.25, -0.2) is 5.01 Å². The van der Waals surface area contributed by atoms with E-state index in [2.05, 4.69) is 0 Å². The third-order valence-corrected chi connectivity index (χ3v) is 1.87. The van der Waals surface area contributed by atoms with Crippen molar-refractivity contribution < 1.29 is 4.79 Å². The Hall–Kier alpha value is -0.610. The lowest BCUT2D eigenvalue weighted by Gasteiger charge is -2.25. The fraction of sp³-hybridized carbons (Fsp3) is 0.857. The second-order valence-electron chi connectivity index (χ2n) is 3.06. The molecular formula is C7H15N3O. The van der Waals surface area contributed by atoms with Crippen LogP contribution in [0.3, 0.4) is 0 Å². The molecule has 1 aliphatic heterocycles. The van der Waals surface area contributed by atoms with E-state index in [9.17, 15) is 4.79 Å². The summed E-state index contributed by atoms with van der Waals surface area (Å²) in [5, 5.41) is 3.64. The molecule has 0 aromatic heterocycles. The Morgan fingerprint density at radius 3 is 2.73 bits per heavy atom. The molecular weight excluding hydrogens is 142 g/mol. The van der Waals surface area contributed by atoms with Crippen molar-refractivity contribution in [2.75, 3.05) is 20.1 Å². The van der Waals surface area contributed by atoms with Crippen molar-refractivity contribution in [1.29, 1.82) is 0 Å². The maximum atomic E-state index is 11.0. The highest BCUT2D eigenvalue weighted by atomic mass is 16.2. The summed E-state index contributed by atoms with van der Waals surface area (Å²) in [6.45, 7) is 3.52. The van der Waals surface area contributed by atoms with Gasteiger partial charge in [0, 0.05) is 32.6 Å². The molecule has 4 nitrogen and oxygen atoms in total. The van der Waals surface area contributed by atoms with Crippen molar-refractivity contribution in [3.8, 4) is 0 Å². The summed E-state index contributed by atoms with van der Waals surface area (Å²) in [5.74, 6) is 0.186. The van der Waals surface area contributed by atoms with Gasteiger partial charge in [-0.05, 0) is 6.92 Å². The fourth-order valence-electron chi connectivity index (χ4n) is 1.24. The summed E-state index contributed by atoms with van der Waals surface area (Å²) >= 11 is 0. The zero-order chi connectivity index (χ0) is 8.43. The number of nitrogens with zero attached hydrogens (tertiary/aromatic N) is 2. The maximum absolute atomic E-state index is 11.0. The van der Waals surface area contributed by atoms with E-state index in [0.717, 1.165) is 13.1 Å². The molecule has 1 rings (SSSR count). The molecule has 1 unspecified atom stereocenters. The summed E-state index contributed by atoms with van der Waals surface area (Å²) in [4.78, 5) is 11.0. The van der Waals surface area contributed by atoms with E-state index in [-0.39, 0.29) is 11.9 Å². The number of rotatable bonds is 2. The minimum atomic E-state index is 0.128. The average Bonchev–Trinajstić information content (AvgIpc) is 2.18. The highest BCUT2D eigenvalue weighted by molar-refractivity contribution is 5.77. The lowest BCUT2D eigenvalue weighted by molar-refractivity contribution is -0.135. The summed E-state index contributed by atoms with van der Waals surface area (Å²) in [5.41, 5.74) is 5.60. The van der Waals surface area contributed by atoms with E-state index in [1.807, 2.05) is 11.9 Å². The minimum Gasteiger partial charge on any atom is -0.327 e. The first kappa shape index (κ1) is 8.49. The van der Waals surface area contributed by atoms with E-state index in [1.54, 1.807) is 12.1 Å². The number of hydrogen-bond donors (Lipinski definition) is 1. The molecule has 0 bridgehead atoms. The van der Waals surface area contributed by atoms with Crippen LogP contribution in [-0.2, 0) is 4.79 Å². The van der Waals surface area contributed by atoms with E-state index < -0.39 is 0 Å². The highest BCUT2D eigenvalue weighted by Gasteiger charge is 2.25. The topological polar surface area (TPSA) is 49.6 Å². The van der Waals surface area contributed by atoms with E-state index in [4.69, 9.17) is 5.73 Å². The molecule has 1 heterocycles. The molecule has 1 amide bonds. The average molecular weight is 157 g/mol. The molecule has 11 heavy (non-hydrogen) atoms. The van der Waals surface area contributed by atoms with E-state index in [0.29, 0.717) is 6.42 Å². The van der Waals surface area contributed by atoms with Crippen LogP contribution in [0.25, 0.3) is 0 Å². The molecule has 1 fully saturated rings. The van der Waals surface area contributed by atoms with Crippen LogP contribution < -0.4 is 5.73 Å². The van der Waals surface area contributed by atoms with Gasteiger partial charge in [-0.1, -0.05) is 0 Å². The zero-order valence-electron chi connectivity index (χ0n) is 7.08. The largest absolute Gasteiger partial charge is 0.327 e. The van der Waals surface area contributed by atoms with Crippen molar-refractivity contribution in [3.05, 3.63) is 0 Å². The molecule has 4 heteroatoms. The fourth-order valence-corrected chi connectivity index (χ4v) is 1.24. The second-order valence-corrected chi connectivity index (χ2v) is 3.06. The lowest BCUT2D eigenvalue weighted by atomic mass is 10.3. The van der Waals surface area contributed by atoms with Crippen LogP contribution in [0.15, 0.2) is 0 Å². The predicted molar refractivity (Wildman–Crippen MR) is 42.6 cm³/mol. The lowest BCUT2D eigenvalue weighted by Crippen LogP contribution is -2.42. The van der Waals surface area contributed by atoms with Gasteiger partial charge in [0.1, 0.15) is 0 Å². The van der Waals surface area contributed by atoms with Crippen molar-refractivity contribution in [2.24, 2.45) is 5.73 Å². The van der Waals surface area contributed by atoms with Crippen LogP contribution in [0.5, 0.6) is 0 Å². The summed E-state index contributed by atoms with van der Waals surface area (Å²) in [6, 6.07) is 0.128. The first-order chi connectivity index (χ1) is 5.11. The van der Waals surface area contributed by atoms with Crippen molar-refractivity contribution in [2.45, 2.75) is 19.4 Å². The highest BCUT2D eigenvalue weighted by Crippen LogP contribution is 2.08. The standard InChI is InChI=1S/C7H15N3O/c1-6(8)5-10-4-3-7(11)9(10)2/h6H,3-5,8H2,1-2H3. The molecule has 0 aliphatic carbocycles. The van der Waals surface area contributed by atoms with Crippen LogP contribution in [-0.4, -0.2) is 42.1 Å². The molecule has 0 saturated carbocycles. The Morgan fingerprint density at radius 2 is 2.36 bits per heavy atom. The van der Waals surface area contributed by atoms with Crippen LogP contribution in [0, 0.1) is 0 Å². The van der Waals surface area contributed by atoms with Crippen molar-refractivity contribution in [1.82, 2.24) is 10.0 Å². The Kier molecular flexibility index (Phi) is 2.46. The number of hydrogen-bond acceptors (Lipinski definition) is 3. The van der Waals surface area contributed by atoms with E-state index >= 15 is 0 Å². The van der Waals surface area contributed by atoms with Gasteiger partial charge >= 0.3 is 0 Å². The number of nitrogens with two attached hydrogens (primary N) is 1. The number of amides is 1. The third kappa shape index (κ3) is 1.91. The molecule has 1 aliphatic rings. The summed E-state index contributed by atoms with van der Waals surface area (Å²) in [6.07, 6.45) is 0.628.